The van der Waals surface area contributed by atoms with Crippen LogP contribution in [0.15, 0.2) is 0 Å². The van der Waals surface area contributed by atoms with E-state index in [0.717, 1.165) is 26.1 Å². The first-order valence-corrected chi connectivity index (χ1v) is 5.66. The van der Waals surface area contributed by atoms with Crippen LogP contribution in [0.2, 0.25) is 0 Å². The van der Waals surface area contributed by atoms with E-state index in [-0.39, 0.29) is 5.91 Å². The van der Waals surface area contributed by atoms with Crippen molar-refractivity contribution >= 4 is 5.91 Å². The molecule has 1 amide bonds. The Balaban J connectivity index is 3.62. The molecule has 0 spiro atoms. The minimum atomic E-state index is 0.255. The monoisotopic (exact) mass is 200 g/mol. The lowest BCUT2D eigenvalue weighted by atomic mass is 10.2. The van der Waals surface area contributed by atoms with Gasteiger partial charge in [0.25, 0.3) is 0 Å². The number of hydrogen-bond donors (Lipinski definition) is 1. The summed E-state index contributed by atoms with van der Waals surface area (Å²) < 4.78 is 0. The molecule has 0 saturated carbocycles. The van der Waals surface area contributed by atoms with Crippen LogP contribution < -0.4 is 5.32 Å². The van der Waals surface area contributed by atoms with Gasteiger partial charge in [0.05, 0.1) is 0 Å². The average Bonchev–Trinajstić information content (AvgIpc) is 2.19. The third-order valence-corrected chi connectivity index (χ3v) is 2.56. The molecule has 0 aromatic carbocycles. The van der Waals surface area contributed by atoms with Gasteiger partial charge in [0.15, 0.2) is 0 Å². The third-order valence-electron chi connectivity index (χ3n) is 2.56. The zero-order valence-corrected chi connectivity index (χ0v) is 9.97. The minimum absolute atomic E-state index is 0.255. The normalized spacial score (nSPS) is 12.6. The maximum atomic E-state index is 11.6. The van der Waals surface area contributed by atoms with Gasteiger partial charge in [-0.15, -0.1) is 0 Å². The molecule has 84 valence electrons. The summed E-state index contributed by atoms with van der Waals surface area (Å²) in [7, 11) is 0. The number of rotatable bonds is 7. The fraction of sp³-hybridized carbons (Fsp3) is 0.909. The van der Waals surface area contributed by atoms with Crippen molar-refractivity contribution in [2.75, 3.05) is 19.6 Å². The van der Waals surface area contributed by atoms with Gasteiger partial charge in [-0.25, -0.2) is 0 Å². The molecule has 0 fully saturated rings. The smallest absolute Gasteiger partial charge is 0.223 e. The van der Waals surface area contributed by atoms with E-state index in [1.807, 2.05) is 18.7 Å². The molecule has 3 heteroatoms. The van der Waals surface area contributed by atoms with Crippen LogP contribution in [0.5, 0.6) is 0 Å². The SMILES string of the molecule is CCC(C)NCCC(=O)N(CC)CC. The molecule has 0 aliphatic rings. The van der Waals surface area contributed by atoms with Crippen LogP contribution in [0.4, 0.5) is 0 Å². The van der Waals surface area contributed by atoms with Crippen molar-refractivity contribution in [1.82, 2.24) is 10.2 Å². The van der Waals surface area contributed by atoms with Gasteiger partial charge in [0.1, 0.15) is 0 Å². The van der Waals surface area contributed by atoms with E-state index in [1.165, 1.54) is 0 Å². The standard InChI is InChI=1S/C11H24N2O/c1-5-10(4)12-9-8-11(14)13(6-2)7-3/h10,12H,5-9H2,1-4H3. The zero-order valence-electron chi connectivity index (χ0n) is 9.97. The largest absolute Gasteiger partial charge is 0.343 e. The fourth-order valence-corrected chi connectivity index (χ4v) is 1.30. The van der Waals surface area contributed by atoms with Crippen molar-refractivity contribution in [3.63, 3.8) is 0 Å². The lowest BCUT2D eigenvalue weighted by molar-refractivity contribution is -0.130. The van der Waals surface area contributed by atoms with Gasteiger partial charge in [-0.05, 0) is 27.2 Å². The number of carbonyl (C=O) groups is 1. The predicted octanol–water partition coefficient (Wildman–Crippen LogP) is 1.63. The Hall–Kier alpha value is -0.570. The summed E-state index contributed by atoms with van der Waals surface area (Å²) in [6.07, 6.45) is 1.73. The Kier molecular flexibility index (Phi) is 7.48. The Morgan fingerprint density at radius 3 is 2.29 bits per heavy atom. The van der Waals surface area contributed by atoms with Crippen LogP contribution in [0.25, 0.3) is 0 Å². The molecule has 14 heavy (non-hydrogen) atoms. The molecule has 0 saturated heterocycles. The third kappa shape index (κ3) is 5.22. The molecule has 0 aromatic heterocycles. The molecule has 0 aliphatic heterocycles. The Morgan fingerprint density at radius 1 is 1.29 bits per heavy atom. The van der Waals surface area contributed by atoms with E-state index in [0.29, 0.717) is 12.5 Å². The van der Waals surface area contributed by atoms with Crippen LogP contribution in [-0.4, -0.2) is 36.5 Å². The summed E-state index contributed by atoms with van der Waals surface area (Å²) in [5.41, 5.74) is 0. The maximum Gasteiger partial charge on any atom is 0.223 e. The van der Waals surface area contributed by atoms with Gasteiger partial charge in [-0.2, -0.15) is 0 Å². The number of nitrogens with one attached hydrogen (secondary N) is 1. The summed E-state index contributed by atoms with van der Waals surface area (Å²) in [6, 6.07) is 0.513. The molecular weight excluding hydrogens is 176 g/mol. The Labute approximate surface area is 87.9 Å². The molecule has 0 radical (unpaired) electrons. The summed E-state index contributed by atoms with van der Waals surface area (Å²) in [5, 5.41) is 3.32. The first kappa shape index (κ1) is 13.4. The van der Waals surface area contributed by atoms with Crippen LogP contribution in [0.3, 0.4) is 0 Å². The molecular formula is C11H24N2O. The van der Waals surface area contributed by atoms with E-state index in [4.69, 9.17) is 0 Å². The Bertz CT molecular complexity index is 155. The molecule has 0 aromatic rings. The minimum Gasteiger partial charge on any atom is -0.343 e. The maximum absolute atomic E-state index is 11.6. The van der Waals surface area contributed by atoms with Crippen LogP contribution in [-0.2, 0) is 4.79 Å². The Morgan fingerprint density at radius 2 is 1.86 bits per heavy atom. The van der Waals surface area contributed by atoms with E-state index < -0.39 is 0 Å². The number of hydrogen-bond acceptors (Lipinski definition) is 2. The average molecular weight is 200 g/mol. The molecule has 0 heterocycles. The first-order valence-electron chi connectivity index (χ1n) is 5.66. The lowest BCUT2D eigenvalue weighted by Crippen LogP contribution is -2.34. The highest BCUT2D eigenvalue weighted by Gasteiger charge is 2.08. The highest BCUT2D eigenvalue weighted by atomic mass is 16.2. The van der Waals surface area contributed by atoms with Crippen molar-refractivity contribution < 1.29 is 4.79 Å². The lowest BCUT2D eigenvalue weighted by Gasteiger charge is -2.19. The second-order valence-electron chi connectivity index (χ2n) is 3.58. The van der Waals surface area contributed by atoms with Gasteiger partial charge in [-0.1, -0.05) is 6.92 Å². The summed E-state index contributed by atoms with van der Waals surface area (Å²) in [4.78, 5) is 13.4. The molecule has 3 nitrogen and oxygen atoms in total. The molecule has 0 bridgehead atoms. The second-order valence-corrected chi connectivity index (χ2v) is 3.58. The fourth-order valence-electron chi connectivity index (χ4n) is 1.30. The zero-order chi connectivity index (χ0) is 11.0. The predicted molar refractivity (Wildman–Crippen MR) is 60.3 cm³/mol. The van der Waals surface area contributed by atoms with Gasteiger partial charge in [0, 0.05) is 32.1 Å². The van der Waals surface area contributed by atoms with Gasteiger partial charge >= 0.3 is 0 Å². The van der Waals surface area contributed by atoms with Crippen LogP contribution >= 0.6 is 0 Å². The molecule has 1 atom stereocenters. The topological polar surface area (TPSA) is 32.3 Å². The highest BCUT2D eigenvalue weighted by Crippen LogP contribution is 1.94. The van der Waals surface area contributed by atoms with E-state index >= 15 is 0 Å². The van der Waals surface area contributed by atoms with E-state index in [1.54, 1.807) is 0 Å². The van der Waals surface area contributed by atoms with Crippen LogP contribution in [0.1, 0.15) is 40.5 Å². The highest BCUT2D eigenvalue weighted by molar-refractivity contribution is 5.76. The van der Waals surface area contributed by atoms with Crippen LogP contribution in [0, 0.1) is 0 Å². The van der Waals surface area contributed by atoms with E-state index in [9.17, 15) is 4.79 Å². The van der Waals surface area contributed by atoms with Crippen molar-refractivity contribution in [3.8, 4) is 0 Å². The van der Waals surface area contributed by atoms with Crippen molar-refractivity contribution in [2.24, 2.45) is 0 Å². The molecule has 0 aliphatic carbocycles. The van der Waals surface area contributed by atoms with E-state index in [2.05, 4.69) is 19.2 Å². The number of amides is 1. The number of carbonyl (C=O) groups excluding carboxylic acids is 1. The van der Waals surface area contributed by atoms with Gasteiger partial charge in [-0.3, -0.25) is 4.79 Å². The van der Waals surface area contributed by atoms with Crippen molar-refractivity contribution in [1.29, 1.82) is 0 Å². The van der Waals surface area contributed by atoms with Gasteiger partial charge < -0.3 is 10.2 Å². The quantitative estimate of drug-likeness (QED) is 0.677. The molecule has 1 unspecified atom stereocenters. The summed E-state index contributed by atoms with van der Waals surface area (Å²) in [6.45, 7) is 10.8. The van der Waals surface area contributed by atoms with Crippen molar-refractivity contribution in [3.05, 3.63) is 0 Å². The first-order chi connectivity index (χ1) is 6.65. The van der Waals surface area contributed by atoms with Gasteiger partial charge in [0.2, 0.25) is 5.91 Å². The summed E-state index contributed by atoms with van der Waals surface area (Å²) in [5.74, 6) is 0.255. The molecule has 0 rings (SSSR count). The molecule has 1 N–H and O–H groups in total. The summed E-state index contributed by atoms with van der Waals surface area (Å²) >= 11 is 0. The number of nitrogens with zero attached hydrogens (tertiary/aromatic N) is 1. The van der Waals surface area contributed by atoms with Crippen molar-refractivity contribution in [2.45, 2.75) is 46.6 Å². The second kappa shape index (κ2) is 7.80.